The van der Waals surface area contributed by atoms with Gasteiger partial charge in [-0.1, -0.05) is 18.2 Å². The van der Waals surface area contributed by atoms with Crippen LogP contribution in [0.4, 0.5) is 5.69 Å². The Balaban J connectivity index is 1.99. The van der Waals surface area contributed by atoms with E-state index in [4.69, 9.17) is 0 Å². The summed E-state index contributed by atoms with van der Waals surface area (Å²) in [6.45, 7) is 1.92. The molecule has 0 unspecified atom stereocenters. The molecule has 0 aliphatic carbocycles. The second kappa shape index (κ2) is 7.70. The Morgan fingerprint density at radius 1 is 1.23 bits per heavy atom. The first-order chi connectivity index (χ1) is 10.6. The third kappa shape index (κ3) is 4.66. The fourth-order valence-electron chi connectivity index (χ4n) is 2.08. The Kier molecular flexibility index (Phi) is 5.66. The number of hydrogen-bond donors (Lipinski definition) is 2. The lowest BCUT2D eigenvalue weighted by molar-refractivity contribution is -0.120. The van der Waals surface area contributed by atoms with Crippen molar-refractivity contribution in [3.8, 4) is 0 Å². The van der Waals surface area contributed by atoms with E-state index in [0.29, 0.717) is 12.8 Å². The first-order valence-corrected chi connectivity index (χ1v) is 7.96. The molecule has 0 aliphatic heterocycles. The van der Waals surface area contributed by atoms with E-state index >= 15 is 0 Å². The molecule has 5 nitrogen and oxygen atoms in total. The topological polar surface area (TPSA) is 71.1 Å². The number of aromatic nitrogens is 1. The van der Waals surface area contributed by atoms with Crippen molar-refractivity contribution in [2.24, 2.45) is 0 Å². The normalized spacial score (nSPS) is 10.3. The molecule has 0 atom stereocenters. The molecule has 2 amide bonds. The van der Waals surface area contributed by atoms with Gasteiger partial charge in [0.25, 0.3) is 0 Å². The van der Waals surface area contributed by atoms with Crippen molar-refractivity contribution >= 4 is 28.8 Å². The van der Waals surface area contributed by atoms with Gasteiger partial charge in [0.05, 0.1) is 17.1 Å². The number of amides is 2. The van der Waals surface area contributed by atoms with Crippen molar-refractivity contribution < 1.29 is 9.59 Å². The predicted molar refractivity (Wildman–Crippen MR) is 88.0 cm³/mol. The van der Waals surface area contributed by atoms with Gasteiger partial charge in [0.2, 0.25) is 11.8 Å². The van der Waals surface area contributed by atoms with Gasteiger partial charge in [-0.25, -0.2) is 4.98 Å². The van der Waals surface area contributed by atoms with Gasteiger partial charge in [0.15, 0.2) is 0 Å². The van der Waals surface area contributed by atoms with E-state index in [1.807, 2.05) is 36.6 Å². The lowest BCUT2D eigenvalue weighted by atomic mass is 10.1. The second-order valence-electron chi connectivity index (χ2n) is 4.91. The van der Waals surface area contributed by atoms with Crippen molar-refractivity contribution in [1.29, 1.82) is 0 Å². The summed E-state index contributed by atoms with van der Waals surface area (Å²) in [4.78, 5) is 27.8. The zero-order valence-corrected chi connectivity index (χ0v) is 13.5. The zero-order valence-electron chi connectivity index (χ0n) is 12.7. The highest BCUT2D eigenvalue weighted by Crippen LogP contribution is 2.17. The van der Waals surface area contributed by atoms with Gasteiger partial charge in [0.1, 0.15) is 0 Å². The first-order valence-electron chi connectivity index (χ1n) is 7.08. The molecule has 2 rings (SSSR count). The van der Waals surface area contributed by atoms with Gasteiger partial charge in [-0.3, -0.25) is 9.59 Å². The molecule has 0 spiro atoms. The molecule has 2 aromatic rings. The van der Waals surface area contributed by atoms with Crippen molar-refractivity contribution in [2.75, 3.05) is 12.4 Å². The van der Waals surface area contributed by atoms with Crippen LogP contribution in [0.1, 0.15) is 22.7 Å². The summed E-state index contributed by atoms with van der Waals surface area (Å²) in [5, 5.41) is 8.35. The number of anilines is 1. The summed E-state index contributed by atoms with van der Waals surface area (Å²) >= 11 is 1.53. The van der Waals surface area contributed by atoms with Crippen molar-refractivity contribution in [1.82, 2.24) is 10.3 Å². The van der Waals surface area contributed by atoms with E-state index < -0.39 is 0 Å². The van der Waals surface area contributed by atoms with Crippen LogP contribution in [-0.4, -0.2) is 23.8 Å². The maximum atomic E-state index is 12.1. The number of nitrogens with zero attached hydrogens (tertiary/aromatic N) is 1. The van der Waals surface area contributed by atoms with Crippen LogP contribution in [0.3, 0.4) is 0 Å². The molecule has 22 heavy (non-hydrogen) atoms. The molecule has 116 valence electrons. The number of para-hydroxylation sites is 1. The van der Waals surface area contributed by atoms with Crippen LogP contribution in [0.2, 0.25) is 0 Å². The standard InChI is InChI=1S/C16H19N3O2S/c1-11-18-13(10-22-11)9-16(21)19-14-6-4-3-5-12(14)7-8-15(20)17-2/h3-6,10H,7-9H2,1-2H3,(H,17,20)(H,19,21). The van der Waals surface area contributed by atoms with Gasteiger partial charge in [-0.05, 0) is 25.0 Å². The number of carbonyl (C=O) groups excluding carboxylic acids is 2. The minimum Gasteiger partial charge on any atom is -0.359 e. The smallest absolute Gasteiger partial charge is 0.230 e. The first kappa shape index (κ1) is 16.2. The molecule has 0 saturated carbocycles. The van der Waals surface area contributed by atoms with E-state index in [0.717, 1.165) is 22.0 Å². The molecule has 0 aliphatic rings. The molecule has 2 N–H and O–H groups in total. The lowest BCUT2D eigenvalue weighted by Gasteiger charge is -2.10. The number of carbonyl (C=O) groups is 2. The van der Waals surface area contributed by atoms with Crippen LogP contribution in [0.15, 0.2) is 29.6 Å². The molecule has 1 aromatic carbocycles. The molecular formula is C16H19N3O2S. The summed E-state index contributed by atoms with van der Waals surface area (Å²) in [5.74, 6) is -0.114. The Morgan fingerprint density at radius 2 is 2.00 bits per heavy atom. The van der Waals surface area contributed by atoms with Crippen LogP contribution >= 0.6 is 11.3 Å². The second-order valence-corrected chi connectivity index (χ2v) is 5.98. The molecule has 0 fully saturated rings. The van der Waals surface area contributed by atoms with E-state index in [1.54, 1.807) is 7.05 Å². The van der Waals surface area contributed by atoms with E-state index in [9.17, 15) is 9.59 Å². The number of rotatable bonds is 6. The van der Waals surface area contributed by atoms with Gasteiger partial charge >= 0.3 is 0 Å². The Labute approximate surface area is 133 Å². The monoisotopic (exact) mass is 317 g/mol. The highest BCUT2D eigenvalue weighted by Gasteiger charge is 2.10. The van der Waals surface area contributed by atoms with Crippen LogP contribution < -0.4 is 10.6 Å². The number of benzene rings is 1. The Bertz CT molecular complexity index is 667. The number of nitrogens with one attached hydrogen (secondary N) is 2. The van der Waals surface area contributed by atoms with Crippen molar-refractivity contribution in [3.05, 3.63) is 45.9 Å². The molecule has 6 heteroatoms. The van der Waals surface area contributed by atoms with Gasteiger partial charge in [0, 0.05) is 24.5 Å². The van der Waals surface area contributed by atoms with Crippen molar-refractivity contribution in [2.45, 2.75) is 26.2 Å². The summed E-state index contributed by atoms with van der Waals surface area (Å²) in [6.07, 6.45) is 1.24. The quantitative estimate of drug-likeness (QED) is 0.859. The predicted octanol–water partition coefficient (Wildman–Crippen LogP) is 2.31. The SMILES string of the molecule is CNC(=O)CCc1ccccc1NC(=O)Cc1csc(C)n1. The van der Waals surface area contributed by atoms with Crippen LogP contribution in [0.5, 0.6) is 0 Å². The minimum absolute atomic E-state index is 0.0147. The fourth-order valence-corrected chi connectivity index (χ4v) is 2.69. The largest absolute Gasteiger partial charge is 0.359 e. The molecule has 0 radical (unpaired) electrons. The summed E-state index contributed by atoms with van der Waals surface area (Å²) in [7, 11) is 1.62. The Hall–Kier alpha value is -2.21. The third-order valence-electron chi connectivity index (χ3n) is 3.20. The average molecular weight is 317 g/mol. The molecule has 1 aromatic heterocycles. The molecule has 0 saturated heterocycles. The minimum atomic E-state index is -0.0994. The fraction of sp³-hybridized carbons (Fsp3) is 0.312. The molecular weight excluding hydrogens is 298 g/mol. The van der Waals surface area contributed by atoms with E-state index in [2.05, 4.69) is 15.6 Å². The van der Waals surface area contributed by atoms with Crippen molar-refractivity contribution in [3.63, 3.8) is 0 Å². The van der Waals surface area contributed by atoms with E-state index in [1.165, 1.54) is 11.3 Å². The summed E-state index contributed by atoms with van der Waals surface area (Å²) in [5.41, 5.74) is 2.49. The van der Waals surface area contributed by atoms with Crippen LogP contribution in [0, 0.1) is 6.92 Å². The highest BCUT2D eigenvalue weighted by atomic mass is 32.1. The lowest BCUT2D eigenvalue weighted by Crippen LogP contribution is -2.19. The van der Waals surface area contributed by atoms with Gasteiger partial charge < -0.3 is 10.6 Å². The summed E-state index contributed by atoms with van der Waals surface area (Å²) < 4.78 is 0. The number of hydrogen-bond acceptors (Lipinski definition) is 4. The Morgan fingerprint density at radius 3 is 2.68 bits per heavy atom. The van der Waals surface area contributed by atoms with Gasteiger partial charge in [-0.2, -0.15) is 0 Å². The van der Waals surface area contributed by atoms with Gasteiger partial charge in [-0.15, -0.1) is 11.3 Å². The van der Waals surface area contributed by atoms with Crippen LogP contribution in [-0.2, 0) is 22.4 Å². The maximum absolute atomic E-state index is 12.1. The zero-order chi connectivity index (χ0) is 15.9. The average Bonchev–Trinajstić information content (AvgIpc) is 2.90. The number of aryl methyl sites for hydroxylation is 2. The summed E-state index contributed by atoms with van der Waals surface area (Å²) in [6, 6.07) is 7.54. The number of thiazole rings is 1. The maximum Gasteiger partial charge on any atom is 0.230 e. The van der Waals surface area contributed by atoms with E-state index in [-0.39, 0.29) is 18.2 Å². The molecule has 1 heterocycles. The van der Waals surface area contributed by atoms with Crippen LogP contribution in [0.25, 0.3) is 0 Å². The third-order valence-corrected chi connectivity index (χ3v) is 4.02. The molecule has 0 bridgehead atoms. The highest BCUT2D eigenvalue weighted by molar-refractivity contribution is 7.09.